The zero-order valence-corrected chi connectivity index (χ0v) is 15.0. The van der Waals surface area contributed by atoms with Crippen LogP contribution in [0, 0.1) is 6.92 Å². The molecule has 1 N–H and O–H groups in total. The molecule has 2 aromatic rings. The zero-order chi connectivity index (χ0) is 17.3. The van der Waals surface area contributed by atoms with Crippen LogP contribution in [0.25, 0.3) is 0 Å². The van der Waals surface area contributed by atoms with Crippen molar-refractivity contribution in [3.8, 4) is 5.88 Å². The van der Waals surface area contributed by atoms with E-state index in [2.05, 4.69) is 10.00 Å². The third kappa shape index (κ3) is 3.06. The van der Waals surface area contributed by atoms with Crippen molar-refractivity contribution in [3.05, 3.63) is 47.2 Å². The number of hydrogen-bond acceptors (Lipinski definition) is 4. The van der Waals surface area contributed by atoms with Crippen molar-refractivity contribution in [3.63, 3.8) is 0 Å². The van der Waals surface area contributed by atoms with Crippen LogP contribution in [0.1, 0.15) is 42.6 Å². The molecule has 1 aromatic heterocycles. The SMILES string of the molecule is COc1c([C@H]2CCCN2C[C@](C)(O)c2ccccc2)c(C)nn1C. The Kier molecular flexibility index (Phi) is 4.65. The predicted molar refractivity (Wildman–Crippen MR) is 94.1 cm³/mol. The Hall–Kier alpha value is -1.85. The Labute approximate surface area is 143 Å². The molecule has 3 rings (SSSR count). The van der Waals surface area contributed by atoms with Crippen LogP contribution in [0.2, 0.25) is 0 Å². The van der Waals surface area contributed by atoms with Gasteiger partial charge in [0, 0.05) is 19.6 Å². The zero-order valence-electron chi connectivity index (χ0n) is 15.0. The van der Waals surface area contributed by atoms with E-state index < -0.39 is 5.60 Å². The maximum absolute atomic E-state index is 11.0. The summed E-state index contributed by atoms with van der Waals surface area (Å²) < 4.78 is 7.39. The monoisotopic (exact) mass is 329 g/mol. The van der Waals surface area contributed by atoms with E-state index in [0.29, 0.717) is 6.54 Å². The molecule has 1 aromatic carbocycles. The highest BCUT2D eigenvalue weighted by Gasteiger charge is 2.36. The van der Waals surface area contributed by atoms with E-state index in [1.165, 1.54) is 0 Å². The van der Waals surface area contributed by atoms with Gasteiger partial charge in [-0.15, -0.1) is 0 Å². The van der Waals surface area contributed by atoms with Gasteiger partial charge in [-0.3, -0.25) is 4.90 Å². The first kappa shape index (κ1) is 17.0. The molecule has 0 spiro atoms. The summed E-state index contributed by atoms with van der Waals surface area (Å²) in [4.78, 5) is 2.36. The molecule has 1 aliphatic heterocycles. The number of hydrogen-bond donors (Lipinski definition) is 1. The van der Waals surface area contributed by atoms with Crippen LogP contribution in [0.15, 0.2) is 30.3 Å². The molecule has 0 aliphatic carbocycles. The summed E-state index contributed by atoms with van der Waals surface area (Å²) in [5, 5.41) is 15.5. The van der Waals surface area contributed by atoms with E-state index in [0.717, 1.165) is 42.1 Å². The standard InChI is InChI=1S/C19H27N3O2/c1-14-17(18(24-4)21(3)20-14)16-11-8-12-22(16)13-19(2,23)15-9-6-5-7-10-15/h5-7,9-10,16,23H,8,11-13H2,1-4H3/t16-,19+/m1/s1. The molecule has 1 fully saturated rings. The number of aryl methyl sites for hydroxylation is 2. The lowest BCUT2D eigenvalue weighted by atomic mass is 9.94. The highest BCUT2D eigenvalue weighted by molar-refractivity contribution is 5.35. The molecule has 2 atom stereocenters. The first-order valence-electron chi connectivity index (χ1n) is 8.53. The summed E-state index contributed by atoms with van der Waals surface area (Å²) in [7, 11) is 3.61. The van der Waals surface area contributed by atoms with E-state index in [1.807, 2.05) is 51.2 Å². The van der Waals surface area contributed by atoms with Crippen molar-refractivity contribution in [1.29, 1.82) is 0 Å². The summed E-state index contributed by atoms with van der Waals surface area (Å²) in [6.45, 7) is 5.50. The Morgan fingerprint density at radius 3 is 2.71 bits per heavy atom. The van der Waals surface area contributed by atoms with Gasteiger partial charge >= 0.3 is 0 Å². The number of nitrogens with zero attached hydrogens (tertiary/aromatic N) is 3. The van der Waals surface area contributed by atoms with Gasteiger partial charge in [-0.1, -0.05) is 30.3 Å². The molecule has 2 heterocycles. The Bertz CT molecular complexity index is 694. The number of likely N-dealkylation sites (tertiary alicyclic amines) is 1. The molecule has 0 saturated carbocycles. The number of methoxy groups -OCH3 is 1. The van der Waals surface area contributed by atoms with Crippen molar-refractivity contribution in [1.82, 2.24) is 14.7 Å². The number of β-amino-alcohol motifs (C(OH)–C–C–N with tert-alkyl or cyclic N) is 1. The minimum atomic E-state index is -0.882. The molecular formula is C19H27N3O2. The molecule has 1 aliphatic rings. The number of ether oxygens (including phenoxy) is 1. The Morgan fingerprint density at radius 2 is 2.04 bits per heavy atom. The average molecular weight is 329 g/mol. The van der Waals surface area contributed by atoms with Gasteiger partial charge in [-0.2, -0.15) is 5.10 Å². The van der Waals surface area contributed by atoms with Crippen molar-refractivity contribution in [2.75, 3.05) is 20.2 Å². The molecule has 5 nitrogen and oxygen atoms in total. The molecule has 1 saturated heterocycles. The van der Waals surface area contributed by atoms with E-state index in [-0.39, 0.29) is 6.04 Å². The molecule has 130 valence electrons. The first-order valence-corrected chi connectivity index (χ1v) is 8.53. The van der Waals surface area contributed by atoms with Gasteiger partial charge in [0.25, 0.3) is 0 Å². The minimum Gasteiger partial charge on any atom is -0.481 e. The van der Waals surface area contributed by atoms with Crippen LogP contribution in [0.3, 0.4) is 0 Å². The van der Waals surface area contributed by atoms with Crippen molar-refractivity contribution in [2.45, 2.75) is 38.3 Å². The maximum atomic E-state index is 11.0. The average Bonchev–Trinajstić information content (AvgIpc) is 3.10. The minimum absolute atomic E-state index is 0.240. The van der Waals surface area contributed by atoms with Crippen molar-refractivity contribution < 1.29 is 9.84 Å². The van der Waals surface area contributed by atoms with Gasteiger partial charge < -0.3 is 9.84 Å². The van der Waals surface area contributed by atoms with Gasteiger partial charge in [0.05, 0.1) is 24.0 Å². The molecule has 0 amide bonds. The van der Waals surface area contributed by atoms with Crippen LogP contribution < -0.4 is 4.74 Å². The van der Waals surface area contributed by atoms with Gasteiger partial charge in [0.15, 0.2) is 0 Å². The second kappa shape index (κ2) is 6.57. The summed E-state index contributed by atoms with van der Waals surface area (Å²) in [5.74, 6) is 0.823. The summed E-state index contributed by atoms with van der Waals surface area (Å²) in [6, 6.07) is 10.1. The molecule has 24 heavy (non-hydrogen) atoms. The van der Waals surface area contributed by atoms with Crippen molar-refractivity contribution >= 4 is 0 Å². The summed E-state index contributed by atoms with van der Waals surface area (Å²) in [5.41, 5.74) is 2.23. The van der Waals surface area contributed by atoms with Gasteiger partial charge in [0.2, 0.25) is 5.88 Å². The lowest BCUT2D eigenvalue weighted by Crippen LogP contribution is -2.38. The maximum Gasteiger partial charge on any atom is 0.216 e. The predicted octanol–water partition coefficient (Wildman–Crippen LogP) is 2.78. The van der Waals surface area contributed by atoms with Gasteiger partial charge in [0.1, 0.15) is 0 Å². The highest BCUT2D eigenvalue weighted by atomic mass is 16.5. The van der Waals surface area contributed by atoms with Crippen LogP contribution in [0.4, 0.5) is 0 Å². The Balaban J connectivity index is 1.87. The molecule has 0 bridgehead atoms. The third-order valence-corrected chi connectivity index (χ3v) is 5.01. The van der Waals surface area contributed by atoms with E-state index in [9.17, 15) is 5.11 Å². The third-order valence-electron chi connectivity index (χ3n) is 5.01. The highest BCUT2D eigenvalue weighted by Crippen LogP contribution is 2.40. The molecule has 5 heteroatoms. The molecule has 0 unspecified atom stereocenters. The quantitative estimate of drug-likeness (QED) is 0.916. The normalized spacial score (nSPS) is 21.0. The fraction of sp³-hybridized carbons (Fsp3) is 0.526. The first-order chi connectivity index (χ1) is 11.4. The van der Waals surface area contributed by atoms with Crippen LogP contribution in [-0.4, -0.2) is 40.0 Å². The van der Waals surface area contributed by atoms with Crippen molar-refractivity contribution in [2.24, 2.45) is 7.05 Å². The molecule has 0 radical (unpaired) electrons. The van der Waals surface area contributed by atoms with E-state index >= 15 is 0 Å². The Morgan fingerprint density at radius 1 is 1.33 bits per heavy atom. The number of aliphatic hydroxyl groups is 1. The largest absolute Gasteiger partial charge is 0.481 e. The topological polar surface area (TPSA) is 50.5 Å². The smallest absolute Gasteiger partial charge is 0.216 e. The second-order valence-electron chi connectivity index (χ2n) is 6.90. The van der Waals surface area contributed by atoms with E-state index in [1.54, 1.807) is 11.8 Å². The van der Waals surface area contributed by atoms with Crippen LogP contribution in [0.5, 0.6) is 5.88 Å². The van der Waals surface area contributed by atoms with Crippen LogP contribution >= 0.6 is 0 Å². The number of rotatable bonds is 5. The second-order valence-corrected chi connectivity index (χ2v) is 6.90. The fourth-order valence-electron chi connectivity index (χ4n) is 3.91. The van der Waals surface area contributed by atoms with Crippen LogP contribution in [-0.2, 0) is 12.6 Å². The lowest BCUT2D eigenvalue weighted by Gasteiger charge is -2.33. The lowest BCUT2D eigenvalue weighted by molar-refractivity contribution is 0.0113. The van der Waals surface area contributed by atoms with Gasteiger partial charge in [-0.05, 0) is 38.8 Å². The number of benzene rings is 1. The summed E-state index contributed by atoms with van der Waals surface area (Å²) in [6.07, 6.45) is 2.18. The molecular weight excluding hydrogens is 302 g/mol. The number of aromatic nitrogens is 2. The summed E-state index contributed by atoms with van der Waals surface area (Å²) >= 11 is 0. The fourth-order valence-corrected chi connectivity index (χ4v) is 3.91. The van der Waals surface area contributed by atoms with Gasteiger partial charge in [-0.25, -0.2) is 4.68 Å². The van der Waals surface area contributed by atoms with E-state index in [4.69, 9.17) is 4.74 Å².